The first-order valence-corrected chi connectivity index (χ1v) is 5.98. The zero-order chi connectivity index (χ0) is 13.6. The lowest BCUT2D eigenvalue weighted by atomic mass is 9.94. The number of amides is 2. The minimum absolute atomic E-state index is 0.322. The first-order chi connectivity index (χ1) is 8.47. The van der Waals surface area contributed by atoms with Crippen LogP contribution in [0, 0.1) is 5.82 Å². The minimum atomic E-state index is -0.766. The van der Waals surface area contributed by atoms with Gasteiger partial charge in [0.05, 0.1) is 5.54 Å². The Morgan fingerprint density at radius 1 is 1.39 bits per heavy atom. The predicted octanol–water partition coefficient (Wildman–Crippen LogP) is 1.71. The molecule has 0 atom stereocenters. The summed E-state index contributed by atoms with van der Waals surface area (Å²) in [6, 6.07) is 6.09. The van der Waals surface area contributed by atoms with Crippen molar-refractivity contribution in [3.05, 3.63) is 35.6 Å². The molecule has 1 rings (SSSR count). The van der Waals surface area contributed by atoms with Crippen LogP contribution in [0.2, 0.25) is 0 Å². The quantitative estimate of drug-likeness (QED) is 0.699. The summed E-state index contributed by atoms with van der Waals surface area (Å²) in [5, 5.41) is 5.42. The molecule has 0 bridgehead atoms. The standard InChI is InChI=1S/C13H20FN3O/c1-13(2,10-6-3-4-7-11(10)14)17-12(18)16-9-5-8-15/h3-4,6-7H,5,8-9,15H2,1-2H3,(H2,16,17,18). The van der Waals surface area contributed by atoms with Crippen molar-refractivity contribution >= 4 is 6.03 Å². The first kappa shape index (κ1) is 14.4. The second-order valence-corrected chi connectivity index (χ2v) is 4.63. The molecule has 1 aromatic rings. The van der Waals surface area contributed by atoms with Gasteiger partial charge in [-0.2, -0.15) is 0 Å². The monoisotopic (exact) mass is 253 g/mol. The van der Waals surface area contributed by atoms with E-state index in [1.54, 1.807) is 32.0 Å². The number of hydrogen-bond donors (Lipinski definition) is 3. The molecule has 18 heavy (non-hydrogen) atoms. The van der Waals surface area contributed by atoms with Gasteiger partial charge in [-0.25, -0.2) is 9.18 Å². The van der Waals surface area contributed by atoms with E-state index in [2.05, 4.69) is 10.6 Å². The smallest absolute Gasteiger partial charge is 0.315 e. The average Bonchev–Trinajstić information content (AvgIpc) is 2.29. The molecule has 5 heteroatoms. The van der Waals surface area contributed by atoms with E-state index in [0.717, 1.165) is 0 Å². The Balaban J connectivity index is 2.64. The van der Waals surface area contributed by atoms with Crippen LogP contribution in [0.3, 0.4) is 0 Å². The highest BCUT2D eigenvalue weighted by molar-refractivity contribution is 5.74. The maximum atomic E-state index is 13.7. The summed E-state index contributed by atoms with van der Waals surface area (Å²) < 4.78 is 13.7. The molecule has 4 N–H and O–H groups in total. The van der Waals surface area contributed by atoms with Crippen molar-refractivity contribution in [3.8, 4) is 0 Å². The molecule has 2 amide bonds. The van der Waals surface area contributed by atoms with Crippen molar-refractivity contribution < 1.29 is 9.18 Å². The van der Waals surface area contributed by atoms with Crippen molar-refractivity contribution in [1.29, 1.82) is 0 Å². The molecule has 1 aromatic carbocycles. The van der Waals surface area contributed by atoms with E-state index in [1.807, 2.05) is 0 Å². The second-order valence-electron chi connectivity index (χ2n) is 4.63. The fourth-order valence-electron chi connectivity index (χ4n) is 1.67. The van der Waals surface area contributed by atoms with Crippen molar-refractivity contribution in [2.45, 2.75) is 25.8 Å². The topological polar surface area (TPSA) is 67.2 Å². The van der Waals surface area contributed by atoms with Crippen LogP contribution in [-0.2, 0) is 5.54 Å². The first-order valence-electron chi connectivity index (χ1n) is 5.98. The summed E-state index contributed by atoms with van der Waals surface area (Å²) in [7, 11) is 0. The van der Waals surface area contributed by atoms with Crippen molar-refractivity contribution in [1.82, 2.24) is 10.6 Å². The summed E-state index contributed by atoms with van der Waals surface area (Å²) >= 11 is 0. The van der Waals surface area contributed by atoms with Gasteiger partial charge in [-0.1, -0.05) is 18.2 Å². The fraction of sp³-hybridized carbons (Fsp3) is 0.462. The number of rotatable bonds is 5. The van der Waals surface area contributed by atoms with Crippen LogP contribution in [-0.4, -0.2) is 19.1 Å². The van der Waals surface area contributed by atoms with E-state index >= 15 is 0 Å². The Kier molecular flexibility index (Phi) is 5.09. The third-order valence-electron chi connectivity index (χ3n) is 2.64. The third kappa shape index (κ3) is 4.00. The molecular weight excluding hydrogens is 233 g/mol. The molecule has 0 aromatic heterocycles. The molecule has 100 valence electrons. The SMILES string of the molecule is CC(C)(NC(=O)NCCCN)c1ccccc1F. The molecule has 0 aliphatic rings. The fourth-order valence-corrected chi connectivity index (χ4v) is 1.67. The maximum absolute atomic E-state index is 13.7. The van der Waals surface area contributed by atoms with Crippen LogP contribution in [0.15, 0.2) is 24.3 Å². The van der Waals surface area contributed by atoms with Gasteiger partial charge in [0.1, 0.15) is 5.82 Å². The number of carbonyl (C=O) groups excluding carboxylic acids is 1. The largest absolute Gasteiger partial charge is 0.338 e. The molecular formula is C13H20FN3O. The lowest BCUT2D eigenvalue weighted by Crippen LogP contribution is -2.47. The van der Waals surface area contributed by atoms with Crippen LogP contribution in [0.4, 0.5) is 9.18 Å². The van der Waals surface area contributed by atoms with E-state index in [-0.39, 0.29) is 11.8 Å². The van der Waals surface area contributed by atoms with Crippen LogP contribution in [0.1, 0.15) is 25.8 Å². The number of hydrogen-bond acceptors (Lipinski definition) is 2. The van der Waals surface area contributed by atoms with E-state index in [0.29, 0.717) is 25.1 Å². The summed E-state index contributed by atoms with van der Waals surface area (Å²) in [5.41, 5.74) is 5.02. The normalized spacial score (nSPS) is 11.1. The van der Waals surface area contributed by atoms with Crippen LogP contribution in [0.5, 0.6) is 0 Å². The summed E-state index contributed by atoms with van der Waals surface area (Å²) in [6.45, 7) is 4.55. The van der Waals surface area contributed by atoms with Crippen LogP contribution in [0.25, 0.3) is 0 Å². The number of halogens is 1. The molecule has 0 heterocycles. The Morgan fingerprint density at radius 3 is 2.67 bits per heavy atom. The predicted molar refractivity (Wildman–Crippen MR) is 69.6 cm³/mol. The Labute approximate surface area is 107 Å². The van der Waals surface area contributed by atoms with Gasteiger partial charge < -0.3 is 16.4 Å². The summed E-state index contributed by atoms with van der Waals surface area (Å²) in [5.74, 6) is -0.329. The van der Waals surface area contributed by atoms with E-state index in [4.69, 9.17) is 5.73 Å². The Bertz CT molecular complexity index is 407. The summed E-state index contributed by atoms with van der Waals surface area (Å²) in [4.78, 5) is 11.6. The van der Waals surface area contributed by atoms with Crippen LogP contribution >= 0.6 is 0 Å². The number of carbonyl (C=O) groups is 1. The second kappa shape index (κ2) is 6.35. The van der Waals surface area contributed by atoms with E-state index in [1.165, 1.54) is 6.07 Å². The number of nitrogens with one attached hydrogen (secondary N) is 2. The molecule has 0 radical (unpaired) electrons. The van der Waals surface area contributed by atoms with Gasteiger partial charge in [0, 0.05) is 12.1 Å². The van der Waals surface area contributed by atoms with Gasteiger partial charge in [0.2, 0.25) is 0 Å². The van der Waals surface area contributed by atoms with Crippen LogP contribution < -0.4 is 16.4 Å². The maximum Gasteiger partial charge on any atom is 0.315 e. The van der Waals surface area contributed by atoms with Crippen molar-refractivity contribution in [2.75, 3.05) is 13.1 Å². The Hall–Kier alpha value is -1.62. The molecule has 0 saturated carbocycles. The summed E-state index contributed by atoms with van der Waals surface area (Å²) in [6.07, 6.45) is 0.716. The highest BCUT2D eigenvalue weighted by Gasteiger charge is 2.25. The number of nitrogens with two attached hydrogens (primary N) is 1. The lowest BCUT2D eigenvalue weighted by Gasteiger charge is -2.27. The lowest BCUT2D eigenvalue weighted by molar-refractivity contribution is 0.229. The molecule has 0 unspecified atom stereocenters. The Morgan fingerprint density at radius 2 is 2.06 bits per heavy atom. The highest BCUT2D eigenvalue weighted by Crippen LogP contribution is 2.22. The molecule has 0 spiro atoms. The van der Waals surface area contributed by atoms with Gasteiger partial charge in [0.25, 0.3) is 0 Å². The zero-order valence-corrected chi connectivity index (χ0v) is 10.8. The van der Waals surface area contributed by atoms with Gasteiger partial charge >= 0.3 is 6.03 Å². The van der Waals surface area contributed by atoms with Gasteiger partial charge in [-0.3, -0.25) is 0 Å². The van der Waals surface area contributed by atoms with Gasteiger partial charge in [-0.05, 0) is 32.9 Å². The van der Waals surface area contributed by atoms with E-state index < -0.39 is 5.54 Å². The molecule has 0 saturated heterocycles. The molecule has 0 aliphatic heterocycles. The molecule has 4 nitrogen and oxygen atoms in total. The van der Waals surface area contributed by atoms with Gasteiger partial charge in [-0.15, -0.1) is 0 Å². The van der Waals surface area contributed by atoms with Gasteiger partial charge in [0.15, 0.2) is 0 Å². The van der Waals surface area contributed by atoms with Crippen molar-refractivity contribution in [2.24, 2.45) is 5.73 Å². The average molecular weight is 253 g/mol. The molecule has 0 aliphatic carbocycles. The highest BCUT2D eigenvalue weighted by atomic mass is 19.1. The number of benzene rings is 1. The van der Waals surface area contributed by atoms with E-state index in [9.17, 15) is 9.18 Å². The zero-order valence-electron chi connectivity index (χ0n) is 10.8. The molecule has 0 fully saturated rings. The number of urea groups is 1. The minimum Gasteiger partial charge on any atom is -0.338 e. The van der Waals surface area contributed by atoms with Crippen molar-refractivity contribution in [3.63, 3.8) is 0 Å². The third-order valence-corrected chi connectivity index (χ3v) is 2.64.